The van der Waals surface area contributed by atoms with Crippen molar-refractivity contribution in [3.05, 3.63) is 83.2 Å². The molecule has 0 saturated carbocycles. The van der Waals surface area contributed by atoms with E-state index in [1.165, 1.54) is 12.1 Å². The Balaban J connectivity index is 1.44. The maximum Gasteiger partial charge on any atom is 0.250 e. The van der Waals surface area contributed by atoms with Gasteiger partial charge in [-0.1, -0.05) is 39.0 Å². The summed E-state index contributed by atoms with van der Waals surface area (Å²) < 4.78 is 28.4. The van der Waals surface area contributed by atoms with Gasteiger partial charge in [0.15, 0.2) is 8.32 Å². The Morgan fingerprint density at radius 1 is 1.10 bits per heavy atom. The van der Waals surface area contributed by atoms with E-state index in [1.54, 1.807) is 13.4 Å². The third-order valence-electron chi connectivity index (χ3n) is 9.06. The van der Waals surface area contributed by atoms with Crippen LogP contribution in [0, 0.1) is 12.7 Å². The van der Waals surface area contributed by atoms with Gasteiger partial charge in [-0.05, 0) is 92.2 Å². The number of rotatable bonds is 6. The van der Waals surface area contributed by atoms with Gasteiger partial charge in [-0.25, -0.2) is 9.37 Å². The minimum Gasteiger partial charge on any atom is -0.495 e. The summed E-state index contributed by atoms with van der Waals surface area (Å²) in [5, 5.41) is 0.0983. The number of carbonyl (C=O) groups is 1. The lowest BCUT2D eigenvalue weighted by Gasteiger charge is -2.50. The van der Waals surface area contributed by atoms with Crippen molar-refractivity contribution in [1.29, 1.82) is 0 Å². The molecule has 3 atom stereocenters. The molecule has 218 valence electrons. The molecule has 1 amide bonds. The molecule has 2 aliphatic heterocycles. The fraction of sp³-hybridized carbons (Fsp3) is 0.455. The molecule has 3 aromatic rings. The average molecular weight is 576 g/mol. The number of hydrogen-bond acceptors (Lipinski definition) is 4. The highest BCUT2D eigenvalue weighted by Gasteiger charge is 2.46. The zero-order valence-electron chi connectivity index (χ0n) is 25.3. The second-order valence-corrected chi connectivity index (χ2v) is 17.7. The summed E-state index contributed by atoms with van der Waals surface area (Å²) in [6, 6.07) is 12.5. The molecule has 0 aliphatic carbocycles. The third kappa shape index (κ3) is 6.04. The number of carbonyl (C=O) groups excluding carboxylic acids is 1. The summed E-state index contributed by atoms with van der Waals surface area (Å²) in [5.41, 5.74) is 4.47. The van der Waals surface area contributed by atoms with Crippen molar-refractivity contribution >= 4 is 20.3 Å². The summed E-state index contributed by atoms with van der Waals surface area (Å²) in [4.78, 5) is 20.5. The van der Waals surface area contributed by atoms with Gasteiger partial charge < -0.3 is 18.6 Å². The fourth-order valence-corrected chi connectivity index (χ4v) is 7.23. The van der Waals surface area contributed by atoms with E-state index >= 15 is 0 Å². The normalized spacial score (nSPS) is 22.6. The van der Waals surface area contributed by atoms with Gasteiger partial charge >= 0.3 is 0 Å². The van der Waals surface area contributed by atoms with E-state index in [-0.39, 0.29) is 35.0 Å². The monoisotopic (exact) mass is 575 g/mol. The lowest BCUT2D eigenvalue weighted by atomic mass is 9.82. The molecule has 0 bridgehead atoms. The zero-order chi connectivity index (χ0) is 29.5. The molecular formula is C33H42FN3O3Si. The van der Waals surface area contributed by atoms with E-state index < -0.39 is 8.32 Å². The Hall–Kier alpha value is -3.23. The standard InChI is InChI=1S/C33H42FN3O3Si/c1-22-20-36(21-35-22)29-15-8-23(17-31(29)39-5)16-25-11-14-27-18-28(40-41(6,7)33(2,3)4)19-30(37(27)32(25)38)24-9-12-26(34)13-10-24/h8-10,12-13,15-17,20-21,27-28,30H,11,14,18-19H2,1-7H3/t27-,28+,30+/m1/s1. The van der Waals surface area contributed by atoms with Gasteiger partial charge in [0, 0.05) is 23.9 Å². The van der Waals surface area contributed by atoms with E-state index in [9.17, 15) is 9.18 Å². The number of fused-ring (bicyclic) bond motifs is 1. The van der Waals surface area contributed by atoms with Crippen LogP contribution in [0.25, 0.3) is 11.8 Å². The number of aryl methyl sites for hydroxylation is 1. The van der Waals surface area contributed by atoms with Crippen LogP contribution in [-0.4, -0.2) is 47.9 Å². The minimum absolute atomic E-state index is 0.0506. The van der Waals surface area contributed by atoms with Crippen LogP contribution in [0.15, 0.2) is 60.6 Å². The lowest BCUT2D eigenvalue weighted by Crippen LogP contribution is -2.55. The quantitative estimate of drug-likeness (QED) is 0.224. The first-order valence-electron chi connectivity index (χ1n) is 14.5. The number of methoxy groups -OCH3 is 1. The highest BCUT2D eigenvalue weighted by molar-refractivity contribution is 6.74. The van der Waals surface area contributed by atoms with Crippen LogP contribution < -0.4 is 4.74 Å². The highest BCUT2D eigenvalue weighted by atomic mass is 28.4. The number of halogens is 1. The molecule has 2 saturated heterocycles. The molecule has 8 heteroatoms. The first-order chi connectivity index (χ1) is 19.4. The average Bonchev–Trinajstić information content (AvgIpc) is 3.35. The molecule has 0 N–H and O–H groups in total. The molecule has 2 aromatic carbocycles. The number of imidazole rings is 1. The molecule has 0 radical (unpaired) electrons. The van der Waals surface area contributed by atoms with Gasteiger partial charge in [0.1, 0.15) is 11.6 Å². The van der Waals surface area contributed by atoms with Crippen LogP contribution in [-0.2, 0) is 9.22 Å². The molecule has 6 nitrogen and oxygen atoms in total. The summed E-state index contributed by atoms with van der Waals surface area (Å²) in [6.45, 7) is 13.3. The number of hydrogen-bond donors (Lipinski definition) is 0. The van der Waals surface area contributed by atoms with Crippen molar-refractivity contribution in [2.45, 2.75) is 89.7 Å². The Morgan fingerprint density at radius 3 is 2.46 bits per heavy atom. The van der Waals surface area contributed by atoms with E-state index in [0.717, 1.165) is 40.9 Å². The molecule has 2 aliphatic rings. The van der Waals surface area contributed by atoms with Crippen molar-refractivity contribution in [2.24, 2.45) is 0 Å². The molecule has 0 spiro atoms. The fourth-order valence-electron chi connectivity index (χ4n) is 5.85. The molecule has 41 heavy (non-hydrogen) atoms. The van der Waals surface area contributed by atoms with E-state index in [2.05, 4.69) is 38.8 Å². The number of aromatic nitrogens is 2. The zero-order valence-corrected chi connectivity index (χ0v) is 26.3. The van der Waals surface area contributed by atoms with Gasteiger partial charge in [-0.2, -0.15) is 0 Å². The Labute approximate surface area is 244 Å². The topological polar surface area (TPSA) is 56.6 Å². The maximum atomic E-state index is 14.1. The Morgan fingerprint density at radius 2 is 1.83 bits per heavy atom. The summed E-state index contributed by atoms with van der Waals surface area (Å²) >= 11 is 0. The summed E-state index contributed by atoms with van der Waals surface area (Å²) in [7, 11) is -0.347. The number of piperidine rings is 2. The van der Waals surface area contributed by atoms with Crippen molar-refractivity contribution < 1.29 is 18.3 Å². The third-order valence-corrected chi connectivity index (χ3v) is 13.6. The van der Waals surface area contributed by atoms with E-state index in [0.29, 0.717) is 18.6 Å². The lowest BCUT2D eigenvalue weighted by molar-refractivity contribution is -0.139. The molecule has 2 fully saturated rings. The van der Waals surface area contributed by atoms with Gasteiger partial charge in [0.25, 0.3) is 5.91 Å². The van der Waals surface area contributed by atoms with Gasteiger partial charge in [0.05, 0.1) is 30.9 Å². The summed E-state index contributed by atoms with van der Waals surface area (Å²) in [5.74, 6) is 0.490. The van der Waals surface area contributed by atoms with Crippen LogP contribution in [0.1, 0.15) is 69.3 Å². The maximum absolute atomic E-state index is 14.1. The van der Waals surface area contributed by atoms with Crippen LogP contribution in [0.3, 0.4) is 0 Å². The van der Waals surface area contributed by atoms with Crippen molar-refractivity contribution in [3.8, 4) is 11.4 Å². The van der Waals surface area contributed by atoms with Crippen LogP contribution >= 0.6 is 0 Å². The van der Waals surface area contributed by atoms with Gasteiger partial charge in [0.2, 0.25) is 0 Å². The first kappa shape index (κ1) is 29.3. The molecule has 0 unspecified atom stereocenters. The van der Waals surface area contributed by atoms with Crippen molar-refractivity contribution in [1.82, 2.24) is 14.5 Å². The van der Waals surface area contributed by atoms with Crippen molar-refractivity contribution in [2.75, 3.05) is 7.11 Å². The van der Waals surface area contributed by atoms with Crippen LogP contribution in [0.4, 0.5) is 4.39 Å². The molecule has 3 heterocycles. The predicted molar refractivity (Wildman–Crippen MR) is 163 cm³/mol. The molecule has 1 aromatic heterocycles. The number of benzene rings is 2. The van der Waals surface area contributed by atoms with Crippen molar-refractivity contribution in [3.63, 3.8) is 0 Å². The van der Waals surface area contributed by atoms with Gasteiger partial charge in [-0.3, -0.25) is 4.79 Å². The largest absolute Gasteiger partial charge is 0.495 e. The van der Waals surface area contributed by atoms with E-state index in [4.69, 9.17) is 9.16 Å². The summed E-state index contributed by atoms with van der Waals surface area (Å²) in [6.07, 6.45) is 8.89. The Kier molecular flexibility index (Phi) is 8.00. The van der Waals surface area contributed by atoms with Crippen LogP contribution in [0.5, 0.6) is 5.75 Å². The molecule has 5 rings (SSSR count). The number of amides is 1. The molecular weight excluding hydrogens is 533 g/mol. The second-order valence-electron chi connectivity index (χ2n) is 13.0. The number of nitrogens with zero attached hydrogens (tertiary/aromatic N) is 3. The minimum atomic E-state index is -2.00. The van der Waals surface area contributed by atoms with Crippen LogP contribution in [0.2, 0.25) is 18.1 Å². The first-order valence-corrected chi connectivity index (χ1v) is 17.4. The highest BCUT2D eigenvalue weighted by Crippen LogP contribution is 2.45. The second kappa shape index (κ2) is 11.2. The van der Waals surface area contributed by atoms with E-state index in [1.807, 2.05) is 59.0 Å². The SMILES string of the molecule is COc1cc(C=C2CC[C@@H]3C[C@H](O[Si](C)(C)C(C)(C)C)C[C@@H](c4ccc(F)cc4)N3C2=O)ccc1-n1cnc(C)c1. The predicted octanol–water partition coefficient (Wildman–Crippen LogP) is 7.63. The van der Waals surface area contributed by atoms with Gasteiger partial charge in [-0.15, -0.1) is 0 Å². The smallest absolute Gasteiger partial charge is 0.250 e. The number of ether oxygens (including phenoxy) is 1. The Bertz CT molecular complexity index is 1440.